The molecule has 28 heavy (non-hydrogen) atoms. The Hall–Kier alpha value is -3.39. The van der Waals surface area contributed by atoms with Crippen molar-refractivity contribution >= 4 is 22.5 Å². The molecule has 0 radical (unpaired) electrons. The molecule has 4 N–H and O–H groups in total. The lowest BCUT2D eigenvalue weighted by Crippen LogP contribution is -2.31. The first-order valence-corrected chi connectivity index (χ1v) is 8.69. The Bertz CT molecular complexity index is 1020. The summed E-state index contributed by atoms with van der Waals surface area (Å²) in [6.07, 6.45) is -0.675. The summed E-state index contributed by atoms with van der Waals surface area (Å²) in [4.78, 5) is 12.3. The monoisotopic (exact) mass is 382 g/mol. The Balaban J connectivity index is 2.13. The summed E-state index contributed by atoms with van der Waals surface area (Å²) < 4.78 is 10.8. The molecule has 0 aliphatic rings. The number of carbonyl (C=O) groups excluding carboxylic acids is 1. The number of nitrogens with zero attached hydrogens (tertiary/aromatic N) is 2. The number of aliphatic hydroxyl groups is 1. The zero-order valence-corrected chi connectivity index (χ0v) is 15.9. The lowest BCUT2D eigenvalue weighted by Gasteiger charge is -2.14. The van der Waals surface area contributed by atoms with Crippen LogP contribution in [0.1, 0.15) is 17.4 Å². The highest BCUT2D eigenvalue weighted by atomic mass is 16.5. The van der Waals surface area contributed by atoms with Crippen molar-refractivity contribution in [3.63, 3.8) is 0 Å². The smallest absolute Gasteiger partial charge is 0.274 e. The van der Waals surface area contributed by atoms with Crippen molar-refractivity contribution in [2.75, 3.05) is 26.5 Å². The number of hydrogen-bond donors (Lipinski definition) is 3. The van der Waals surface area contributed by atoms with E-state index in [-0.39, 0.29) is 17.9 Å². The number of carbonyl (C=O) groups is 1. The fourth-order valence-electron chi connectivity index (χ4n) is 2.88. The number of nitrogens with two attached hydrogens (primary N) is 1. The van der Waals surface area contributed by atoms with E-state index in [1.54, 1.807) is 33.3 Å². The van der Waals surface area contributed by atoms with E-state index in [1.165, 1.54) is 0 Å². The number of methoxy groups -OCH3 is 2. The van der Waals surface area contributed by atoms with E-state index < -0.39 is 12.0 Å². The van der Waals surface area contributed by atoms with Crippen LogP contribution in [0, 0.1) is 0 Å². The fourth-order valence-corrected chi connectivity index (χ4v) is 2.88. The SMILES string of the molecule is COc1ccc(OC)c(-c2cccc3c(N)c(C(=O)NCC(C)O)nnc23)c1. The van der Waals surface area contributed by atoms with Gasteiger partial charge in [-0.15, -0.1) is 10.2 Å². The maximum Gasteiger partial charge on any atom is 0.274 e. The first kappa shape index (κ1) is 19.4. The zero-order chi connectivity index (χ0) is 20.3. The minimum atomic E-state index is -0.675. The number of benzene rings is 2. The summed E-state index contributed by atoms with van der Waals surface area (Å²) in [6.45, 7) is 1.67. The normalized spacial score (nSPS) is 11.9. The minimum Gasteiger partial charge on any atom is -0.497 e. The lowest BCUT2D eigenvalue weighted by atomic mass is 10.00. The topological polar surface area (TPSA) is 120 Å². The number of aromatic nitrogens is 2. The molecule has 0 aliphatic carbocycles. The first-order valence-electron chi connectivity index (χ1n) is 8.69. The van der Waals surface area contributed by atoms with E-state index in [0.29, 0.717) is 22.4 Å². The lowest BCUT2D eigenvalue weighted by molar-refractivity contribution is 0.0919. The van der Waals surface area contributed by atoms with E-state index in [0.717, 1.165) is 11.1 Å². The molecule has 0 saturated heterocycles. The molecule has 1 heterocycles. The Morgan fingerprint density at radius 3 is 2.64 bits per heavy atom. The average molecular weight is 382 g/mol. The molecule has 0 spiro atoms. The molecule has 0 bridgehead atoms. The third-order valence-corrected chi connectivity index (χ3v) is 4.30. The van der Waals surface area contributed by atoms with Gasteiger partial charge in [0, 0.05) is 23.1 Å². The van der Waals surface area contributed by atoms with Gasteiger partial charge in [-0.2, -0.15) is 0 Å². The number of fused-ring (bicyclic) bond motifs is 1. The Kier molecular flexibility index (Phi) is 5.60. The second kappa shape index (κ2) is 8.10. The number of rotatable bonds is 6. The van der Waals surface area contributed by atoms with Crippen LogP contribution >= 0.6 is 0 Å². The average Bonchev–Trinajstić information content (AvgIpc) is 2.71. The minimum absolute atomic E-state index is 0.0166. The van der Waals surface area contributed by atoms with Crippen molar-refractivity contribution in [1.29, 1.82) is 0 Å². The molecule has 8 nitrogen and oxygen atoms in total. The summed E-state index contributed by atoms with van der Waals surface area (Å²) >= 11 is 0. The number of nitrogens with one attached hydrogen (secondary N) is 1. The Morgan fingerprint density at radius 1 is 1.18 bits per heavy atom. The third kappa shape index (κ3) is 3.67. The largest absolute Gasteiger partial charge is 0.497 e. The second-order valence-electron chi connectivity index (χ2n) is 6.29. The summed E-state index contributed by atoms with van der Waals surface area (Å²) in [5.74, 6) is 0.826. The molecule has 1 aromatic heterocycles. The van der Waals surface area contributed by atoms with Crippen LogP contribution in [0.2, 0.25) is 0 Å². The van der Waals surface area contributed by atoms with Crippen LogP contribution in [0.15, 0.2) is 36.4 Å². The van der Waals surface area contributed by atoms with Gasteiger partial charge >= 0.3 is 0 Å². The maximum absolute atomic E-state index is 12.3. The van der Waals surface area contributed by atoms with E-state index in [9.17, 15) is 9.90 Å². The van der Waals surface area contributed by atoms with Crippen molar-refractivity contribution in [3.8, 4) is 22.6 Å². The van der Waals surface area contributed by atoms with E-state index >= 15 is 0 Å². The van der Waals surface area contributed by atoms with Gasteiger partial charge in [0.15, 0.2) is 5.69 Å². The molecule has 1 unspecified atom stereocenters. The zero-order valence-electron chi connectivity index (χ0n) is 15.9. The van der Waals surface area contributed by atoms with Crippen molar-refractivity contribution in [2.24, 2.45) is 0 Å². The summed E-state index contributed by atoms with van der Waals surface area (Å²) in [6, 6.07) is 10.9. The van der Waals surface area contributed by atoms with Gasteiger partial charge in [-0.1, -0.05) is 18.2 Å². The molecule has 3 rings (SSSR count). The molecule has 3 aromatic rings. The van der Waals surface area contributed by atoms with Gasteiger partial charge in [0.1, 0.15) is 17.0 Å². The van der Waals surface area contributed by atoms with E-state index in [4.69, 9.17) is 15.2 Å². The third-order valence-electron chi connectivity index (χ3n) is 4.30. The van der Waals surface area contributed by atoms with Crippen LogP contribution in [0.3, 0.4) is 0 Å². The molecule has 8 heteroatoms. The standard InChI is InChI=1S/C20H22N4O4/c1-11(25)10-22-20(26)19-17(21)14-6-4-5-13(18(14)23-24-19)15-9-12(27-2)7-8-16(15)28-3/h4-9,11,25H,10H2,1-3H3,(H2,21,23)(H,22,26). The molecular weight excluding hydrogens is 360 g/mol. The number of aliphatic hydroxyl groups excluding tert-OH is 1. The Morgan fingerprint density at radius 2 is 1.96 bits per heavy atom. The number of anilines is 1. The fraction of sp³-hybridized carbons (Fsp3) is 0.250. The molecule has 2 aromatic carbocycles. The molecule has 1 atom stereocenters. The van der Waals surface area contributed by atoms with Gasteiger partial charge in [0.25, 0.3) is 5.91 Å². The quantitative estimate of drug-likeness (QED) is 0.596. The predicted octanol–water partition coefficient (Wildman–Crippen LogP) is 2.01. The van der Waals surface area contributed by atoms with Crippen LogP contribution in [0.5, 0.6) is 11.5 Å². The van der Waals surface area contributed by atoms with Gasteiger partial charge in [0.2, 0.25) is 0 Å². The van der Waals surface area contributed by atoms with E-state index in [2.05, 4.69) is 15.5 Å². The van der Waals surface area contributed by atoms with Gasteiger partial charge < -0.3 is 25.6 Å². The maximum atomic E-state index is 12.3. The summed E-state index contributed by atoms with van der Waals surface area (Å²) in [5.41, 5.74) is 8.52. The van der Waals surface area contributed by atoms with Gasteiger partial charge in [-0.3, -0.25) is 4.79 Å². The van der Waals surface area contributed by atoms with Crippen molar-refractivity contribution in [1.82, 2.24) is 15.5 Å². The van der Waals surface area contributed by atoms with Crippen LogP contribution in [-0.2, 0) is 0 Å². The molecular formula is C20H22N4O4. The first-order chi connectivity index (χ1) is 13.5. The number of ether oxygens (including phenoxy) is 2. The van der Waals surface area contributed by atoms with Gasteiger partial charge in [-0.25, -0.2) is 0 Å². The molecule has 0 aliphatic heterocycles. The Labute approximate surface area is 162 Å². The molecule has 0 saturated carbocycles. The van der Waals surface area contributed by atoms with Crippen molar-refractivity contribution < 1.29 is 19.4 Å². The molecule has 0 fully saturated rings. The summed E-state index contributed by atoms with van der Waals surface area (Å²) in [5, 5.41) is 20.8. The highest BCUT2D eigenvalue weighted by Gasteiger charge is 2.19. The van der Waals surface area contributed by atoms with Crippen LogP contribution < -0.4 is 20.5 Å². The number of amides is 1. The van der Waals surface area contributed by atoms with Crippen molar-refractivity contribution in [2.45, 2.75) is 13.0 Å². The van der Waals surface area contributed by atoms with E-state index in [1.807, 2.05) is 24.3 Å². The number of hydrogen-bond acceptors (Lipinski definition) is 7. The van der Waals surface area contributed by atoms with Crippen LogP contribution in [-0.4, -0.2) is 48.1 Å². The second-order valence-corrected chi connectivity index (χ2v) is 6.29. The molecule has 146 valence electrons. The van der Waals surface area contributed by atoms with Crippen LogP contribution in [0.4, 0.5) is 5.69 Å². The van der Waals surface area contributed by atoms with Gasteiger partial charge in [-0.05, 0) is 25.1 Å². The van der Waals surface area contributed by atoms with Crippen LogP contribution in [0.25, 0.3) is 22.0 Å². The highest BCUT2D eigenvalue weighted by Crippen LogP contribution is 2.37. The predicted molar refractivity (Wildman–Crippen MR) is 107 cm³/mol. The van der Waals surface area contributed by atoms with Crippen molar-refractivity contribution in [3.05, 3.63) is 42.1 Å². The highest BCUT2D eigenvalue weighted by molar-refractivity contribution is 6.07. The summed E-state index contributed by atoms with van der Waals surface area (Å²) in [7, 11) is 3.17. The van der Waals surface area contributed by atoms with Gasteiger partial charge in [0.05, 0.1) is 26.0 Å². The number of nitrogen functional groups attached to an aromatic ring is 1. The molecule has 1 amide bonds.